The molecule has 0 spiro atoms. The zero-order valence-corrected chi connectivity index (χ0v) is 11.8. The van der Waals surface area contributed by atoms with Gasteiger partial charge in [0.25, 0.3) is 0 Å². The van der Waals surface area contributed by atoms with E-state index in [4.69, 9.17) is 5.73 Å². The summed E-state index contributed by atoms with van der Waals surface area (Å²) in [5.74, 6) is 0.768. The minimum atomic E-state index is 0.386. The molecular formula is C15H25NS. The molecule has 1 nitrogen and oxygen atoms in total. The Bertz CT molecular complexity index is 323. The van der Waals surface area contributed by atoms with Crippen LogP contribution in [0.15, 0.2) is 12.1 Å². The number of aryl methyl sites for hydroxylation is 1. The Labute approximate surface area is 109 Å². The molecule has 17 heavy (non-hydrogen) atoms. The maximum atomic E-state index is 6.41. The highest BCUT2D eigenvalue weighted by atomic mass is 32.1. The third-order valence-electron chi connectivity index (χ3n) is 4.01. The second-order valence-corrected chi connectivity index (χ2v) is 6.59. The second kappa shape index (κ2) is 6.55. The first-order valence-corrected chi connectivity index (χ1v) is 7.94. The highest BCUT2D eigenvalue weighted by Gasteiger charge is 2.20. The zero-order valence-electron chi connectivity index (χ0n) is 11.0. The predicted molar refractivity (Wildman–Crippen MR) is 76.6 cm³/mol. The van der Waals surface area contributed by atoms with E-state index in [-0.39, 0.29) is 0 Å². The Kier molecular flexibility index (Phi) is 5.05. The fraction of sp³-hybridized carbons (Fsp3) is 0.733. The molecule has 2 heteroatoms. The Hall–Kier alpha value is -0.340. The Balaban J connectivity index is 1.88. The molecule has 96 valence electrons. The van der Waals surface area contributed by atoms with Crippen molar-refractivity contribution in [1.29, 1.82) is 0 Å². The average molecular weight is 251 g/mol. The summed E-state index contributed by atoms with van der Waals surface area (Å²) >= 11 is 1.95. The Morgan fingerprint density at radius 1 is 1.18 bits per heavy atom. The van der Waals surface area contributed by atoms with Gasteiger partial charge in [-0.15, -0.1) is 11.3 Å². The molecule has 1 fully saturated rings. The molecule has 0 bridgehead atoms. The van der Waals surface area contributed by atoms with E-state index < -0.39 is 0 Å². The Morgan fingerprint density at radius 3 is 2.41 bits per heavy atom. The molecule has 1 atom stereocenters. The lowest BCUT2D eigenvalue weighted by atomic mass is 9.90. The highest BCUT2D eigenvalue weighted by molar-refractivity contribution is 7.11. The molecule has 0 radical (unpaired) electrons. The molecule has 1 saturated carbocycles. The van der Waals surface area contributed by atoms with E-state index >= 15 is 0 Å². The molecular weight excluding hydrogens is 226 g/mol. The lowest BCUT2D eigenvalue weighted by Gasteiger charge is -2.21. The van der Waals surface area contributed by atoms with E-state index in [1.165, 1.54) is 48.3 Å². The van der Waals surface area contributed by atoms with Crippen molar-refractivity contribution in [2.45, 2.75) is 64.3 Å². The van der Waals surface area contributed by atoms with Crippen LogP contribution in [0.5, 0.6) is 0 Å². The summed E-state index contributed by atoms with van der Waals surface area (Å²) in [5, 5.41) is 0. The van der Waals surface area contributed by atoms with Crippen LogP contribution >= 0.6 is 11.3 Å². The predicted octanol–water partition coefficient (Wildman–Crippen LogP) is 4.15. The van der Waals surface area contributed by atoms with Gasteiger partial charge in [0, 0.05) is 15.8 Å². The van der Waals surface area contributed by atoms with Gasteiger partial charge >= 0.3 is 0 Å². The number of rotatable bonds is 4. The molecule has 0 amide bonds. The third-order valence-corrected chi connectivity index (χ3v) is 5.26. The van der Waals surface area contributed by atoms with Gasteiger partial charge in [-0.3, -0.25) is 0 Å². The maximum absolute atomic E-state index is 6.41. The molecule has 2 N–H and O–H groups in total. The van der Waals surface area contributed by atoms with Gasteiger partial charge in [0.15, 0.2) is 0 Å². The fourth-order valence-corrected chi connectivity index (χ4v) is 3.89. The van der Waals surface area contributed by atoms with Crippen LogP contribution in [-0.2, 0) is 12.8 Å². The van der Waals surface area contributed by atoms with Crippen molar-refractivity contribution in [3.05, 3.63) is 21.9 Å². The van der Waals surface area contributed by atoms with Crippen molar-refractivity contribution in [1.82, 2.24) is 0 Å². The van der Waals surface area contributed by atoms with Gasteiger partial charge in [-0.25, -0.2) is 0 Å². The maximum Gasteiger partial charge on any atom is 0.0116 e. The number of hydrogen-bond acceptors (Lipinski definition) is 2. The first-order chi connectivity index (χ1) is 8.29. The van der Waals surface area contributed by atoms with Gasteiger partial charge in [-0.2, -0.15) is 0 Å². The largest absolute Gasteiger partial charge is 0.327 e. The summed E-state index contributed by atoms with van der Waals surface area (Å²) in [4.78, 5) is 2.98. The molecule has 1 unspecified atom stereocenters. The lowest BCUT2D eigenvalue weighted by Crippen LogP contribution is -2.31. The minimum absolute atomic E-state index is 0.386. The van der Waals surface area contributed by atoms with Crippen LogP contribution in [0.4, 0.5) is 0 Å². The molecule has 1 aliphatic carbocycles. The monoisotopic (exact) mass is 251 g/mol. The minimum Gasteiger partial charge on any atom is -0.327 e. The van der Waals surface area contributed by atoms with Crippen LogP contribution in [0.25, 0.3) is 0 Å². The highest BCUT2D eigenvalue weighted by Crippen LogP contribution is 2.27. The number of hydrogen-bond donors (Lipinski definition) is 1. The summed E-state index contributed by atoms with van der Waals surface area (Å²) in [6.07, 6.45) is 10.6. The van der Waals surface area contributed by atoms with Crippen LogP contribution < -0.4 is 5.73 Å². The molecule has 1 aromatic heterocycles. The molecule has 0 aliphatic heterocycles. The molecule has 2 rings (SSSR count). The molecule has 1 heterocycles. The van der Waals surface area contributed by atoms with Gasteiger partial charge in [0.1, 0.15) is 0 Å². The first kappa shape index (κ1) is 13.1. The topological polar surface area (TPSA) is 26.0 Å². The van der Waals surface area contributed by atoms with Crippen molar-refractivity contribution < 1.29 is 0 Å². The van der Waals surface area contributed by atoms with Gasteiger partial charge in [0.2, 0.25) is 0 Å². The smallest absolute Gasteiger partial charge is 0.0116 e. The van der Waals surface area contributed by atoms with Crippen molar-refractivity contribution in [3.8, 4) is 0 Å². The lowest BCUT2D eigenvalue weighted by molar-refractivity contribution is 0.374. The third kappa shape index (κ3) is 3.82. The van der Waals surface area contributed by atoms with Gasteiger partial charge < -0.3 is 5.73 Å². The molecule has 1 aromatic rings. The zero-order chi connectivity index (χ0) is 12.1. The van der Waals surface area contributed by atoms with E-state index in [1.807, 2.05) is 11.3 Å². The van der Waals surface area contributed by atoms with Crippen molar-refractivity contribution in [2.24, 2.45) is 11.7 Å². The van der Waals surface area contributed by atoms with E-state index in [0.717, 1.165) is 18.8 Å². The quantitative estimate of drug-likeness (QED) is 0.799. The summed E-state index contributed by atoms with van der Waals surface area (Å²) in [7, 11) is 0. The van der Waals surface area contributed by atoms with Crippen LogP contribution in [0, 0.1) is 5.92 Å². The van der Waals surface area contributed by atoms with E-state index in [2.05, 4.69) is 19.1 Å². The summed E-state index contributed by atoms with van der Waals surface area (Å²) in [5.41, 5.74) is 6.41. The summed E-state index contributed by atoms with van der Waals surface area (Å²) in [6, 6.07) is 4.93. The van der Waals surface area contributed by atoms with Gasteiger partial charge in [-0.05, 0) is 43.7 Å². The van der Waals surface area contributed by atoms with Gasteiger partial charge in [0.05, 0.1) is 0 Å². The van der Waals surface area contributed by atoms with Crippen molar-refractivity contribution in [2.75, 3.05) is 0 Å². The standard InChI is InChI=1S/C15H25NS/c1-2-13-9-10-14(17-13)11-15(16)12-7-5-3-4-6-8-12/h9-10,12,15H,2-8,11,16H2,1H3. The van der Waals surface area contributed by atoms with E-state index in [9.17, 15) is 0 Å². The normalized spacial score (nSPS) is 20.1. The van der Waals surface area contributed by atoms with E-state index in [1.54, 1.807) is 0 Å². The molecule has 1 aliphatic rings. The average Bonchev–Trinajstić information content (AvgIpc) is 2.62. The second-order valence-electron chi connectivity index (χ2n) is 5.34. The fourth-order valence-electron chi connectivity index (χ4n) is 2.86. The number of nitrogens with two attached hydrogens (primary N) is 1. The molecule has 0 aromatic carbocycles. The van der Waals surface area contributed by atoms with Gasteiger partial charge in [-0.1, -0.05) is 32.6 Å². The summed E-state index contributed by atoms with van der Waals surface area (Å²) < 4.78 is 0. The van der Waals surface area contributed by atoms with Crippen LogP contribution in [-0.4, -0.2) is 6.04 Å². The number of thiophene rings is 1. The SMILES string of the molecule is CCc1ccc(CC(N)C2CCCCCC2)s1. The van der Waals surface area contributed by atoms with Crippen molar-refractivity contribution in [3.63, 3.8) is 0 Å². The van der Waals surface area contributed by atoms with Crippen LogP contribution in [0.3, 0.4) is 0 Å². The van der Waals surface area contributed by atoms with Crippen molar-refractivity contribution >= 4 is 11.3 Å². The van der Waals surface area contributed by atoms with Crippen LogP contribution in [0.2, 0.25) is 0 Å². The van der Waals surface area contributed by atoms with E-state index in [0.29, 0.717) is 6.04 Å². The first-order valence-electron chi connectivity index (χ1n) is 7.12. The summed E-state index contributed by atoms with van der Waals surface area (Å²) in [6.45, 7) is 2.22. The Morgan fingerprint density at radius 2 is 1.82 bits per heavy atom. The van der Waals surface area contributed by atoms with Crippen LogP contribution in [0.1, 0.15) is 55.2 Å². The molecule has 0 saturated heterocycles.